The summed E-state index contributed by atoms with van der Waals surface area (Å²) >= 11 is 0. The molecule has 2 N–H and O–H groups in total. The summed E-state index contributed by atoms with van der Waals surface area (Å²) in [5.74, 6) is 0.801. The number of likely N-dealkylation sites (N-methyl/N-ethyl adjacent to an activating group) is 1. The predicted octanol–water partition coefficient (Wildman–Crippen LogP) is 1.53. The second-order valence-electron chi connectivity index (χ2n) is 6.26. The summed E-state index contributed by atoms with van der Waals surface area (Å²) in [6, 6.07) is 1.16. The van der Waals surface area contributed by atoms with Gasteiger partial charge in [0.15, 0.2) is 0 Å². The molecule has 1 saturated carbocycles. The third-order valence-electron chi connectivity index (χ3n) is 4.53. The Morgan fingerprint density at radius 2 is 1.88 bits per heavy atom. The van der Waals surface area contributed by atoms with E-state index in [4.69, 9.17) is 5.73 Å². The first-order valence-corrected chi connectivity index (χ1v) is 7.31. The van der Waals surface area contributed by atoms with Gasteiger partial charge in [-0.15, -0.1) is 0 Å². The predicted molar refractivity (Wildman–Crippen MR) is 73.1 cm³/mol. The van der Waals surface area contributed by atoms with Crippen LogP contribution >= 0.6 is 0 Å². The highest BCUT2D eigenvalue weighted by molar-refractivity contribution is 4.87. The number of likely N-dealkylation sites (tertiary alicyclic amines) is 1. The highest BCUT2D eigenvalue weighted by Crippen LogP contribution is 2.28. The molecule has 1 aliphatic carbocycles. The quantitative estimate of drug-likeness (QED) is 0.790. The third kappa shape index (κ3) is 3.67. The first kappa shape index (κ1) is 13.3. The Hall–Kier alpha value is -0.120. The van der Waals surface area contributed by atoms with Crippen molar-refractivity contribution in [1.82, 2.24) is 9.80 Å². The molecule has 0 aromatic rings. The van der Waals surface area contributed by atoms with Gasteiger partial charge in [0.25, 0.3) is 0 Å². The molecule has 2 fully saturated rings. The number of nitrogens with zero attached hydrogens (tertiary/aromatic N) is 2. The van der Waals surface area contributed by atoms with Crippen molar-refractivity contribution < 1.29 is 0 Å². The van der Waals surface area contributed by atoms with Crippen molar-refractivity contribution in [1.29, 1.82) is 0 Å². The zero-order valence-corrected chi connectivity index (χ0v) is 11.6. The second-order valence-corrected chi connectivity index (χ2v) is 6.26. The summed E-state index contributed by atoms with van der Waals surface area (Å²) in [7, 11) is 4.35. The van der Waals surface area contributed by atoms with Crippen molar-refractivity contribution in [3.8, 4) is 0 Å². The van der Waals surface area contributed by atoms with Gasteiger partial charge in [-0.2, -0.15) is 0 Å². The minimum Gasteiger partial charge on any atom is -0.326 e. The van der Waals surface area contributed by atoms with Gasteiger partial charge in [-0.3, -0.25) is 4.90 Å². The van der Waals surface area contributed by atoms with Crippen LogP contribution in [0.5, 0.6) is 0 Å². The minimum atomic E-state index is 0.417. The second kappa shape index (κ2) is 6.17. The van der Waals surface area contributed by atoms with E-state index in [0.29, 0.717) is 6.04 Å². The summed E-state index contributed by atoms with van der Waals surface area (Å²) < 4.78 is 0. The van der Waals surface area contributed by atoms with Gasteiger partial charge in [-0.05, 0) is 52.2 Å². The van der Waals surface area contributed by atoms with E-state index in [1.165, 1.54) is 51.6 Å². The Labute approximate surface area is 106 Å². The van der Waals surface area contributed by atoms with Crippen molar-refractivity contribution in [3.63, 3.8) is 0 Å². The van der Waals surface area contributed by atoms with Crippen molar-refractivity contribution in [3.05, 3.63) is 0 Å². The standard InChI is InChI=1S/C14H29N3/c1-16(2)10-13-8-5-9-17(13)11-14(15)12-6-3-4-7-12/h12-14H,3-11,15H2,1-2H3. The highest BCUT2D eigenvalue weighted by atomic mass is 15.2. The molecular weight excluding hydrogens is 210 g/mol. The van der Waals surface area contributed by atoms with Gasteiger partial charge in [0.1, 0.15) is 0 Å². The van der Waals surface area contributed by atoms with Crippen LogP contribution in [0.4, 0.5) is 0 Å². The molecule has 17 heavy (non-hydrogen) atoms. The SMILES string of the molecule is CN(C)CC1CCCN1CC(N)C1CCCC1. The van der Waals surface area contributed by atoms with Gasteiger partial charge in [-0.25, -0.2) is 0 Å². The van der Waals surface area contributed by atoms with E-state index >= 15 is 0 Å². The van der Waals surface area contributed by atoms with E-state index in [1.807, 2.05) is 0 Å². The Bertz CT molecular complexity index is 224. The summed E-state index contributed by atoms with van der Waals surface area (Å²) in [5, 5.41) is 0. The molecule has 3 heteroatoms. The molecule has 1 aliphatic heterocycles. The summed E-state index contributed by atoms with van der Waals surface area (Å²) in [6.45, 7) is 3.58. The van der Waals surface area contributed by atoms with Crippen LogP contribution in [-0.2, 0) is 0 Å². The first-order valence-electron chi connectivity index (χ1n) is 7.31. The fourth-order valence-corrected chi connectivity index (χ4v) is 3.57. The molecule has 2 rings (SSSR count). The molecule has 1 heterocycles. The molecule has 2 unspecified atom stereocenters. The maximum absolute atomic E-state index is 6.40. The maximum atomic E-state index is 6.40. The average molecular weight is 239 g/mol. The zero-order valence-electron chi connectivity index (χ0n) is 11.6. The van der Waals surface area contributed by atoms with E-state index in [2.05, 4.69) is 23.9 Å². The van der Waals surface area contributed by atoms with Crippen LogP contribution in [0.15, 0.2) is 0 Å². The van der Waals surface area contributed by atoms with Crippen LogP contribution in [0.1, 0.15) is 38.5 Å². The summed E-state index contributed by atoms with van der Waals surface area (Å²) in [4.78, 5) is 4.95. The zero-order chi connectivity index (χ0) is 12.3. The van der Waals surface area contributed by atoms with Gasteiger partial charge in [0.05, 0.1) is 0 Å². The molecule has 0 radical (unpaired) electrons. The normalized spacial score (nSPS) is 29.3. The summed E-state index contributed by atoms with van der Waals surface area (Å²) in [5.41, 5.74) is 6.40. The molecule has 3 nitrogen and oxygen atoms in total. The van der Waals surface area contributed by atoms with Crippen LogP contribution in [0.2, 0.25) is 0 Å². The Morgan fingerprint density at radius 3 is 2.53 bits per heavy atom. The first-order chi connectivity index (χ1) is 8.16. The van der Waals surface area contributed by atoms with Crippen molar-refractivity contribution >= 4 is 0 Å². The van der Waals surface area contributed by atoms with Crippen molar-refractivity contribution in [2.45, 2.75) is 50.6 Å². The molecular formula is C14H29N3. The lowest BCUT2D eigenvalue weighted by Crippen LogP contribution is -2.46. The molecule has 1 saturated heterocycles. The fourth-order valence-electron chi connectivity index (χ4n) is 3.57. The molecule has 0 bridgehead atoms. The number of rotatable bonds is 5. The Balaban J connectivity index is 1.80. The summed E-state index contributed by atoms with van der Waals surface area (Å²) in [6.07, 6.45) is 8.26. The van der Waals surface area contributed by atoms with E-state index in [0.717, 1.165) is 18.5 Å². The smallest absolute Gasteiger partial charge is 0.0224 e. The van der Waals surface area contributed by atoms with E-state index in [1.54, 1.807) is 0 Å². The minimum absolute atomic E-state index is 0.417. The number of hydrogen-bond donors (Lipinski definition) is 1. The highest BCUT2D eigenvalue weighted by Gasteiger charge is 2.29. The van der Waals surface area contributed by atoms with Gasteiger partial charge < -0.3 is 10.6 Å². The van der Waals surface area contributed by atoms with Crippen LogP contribution in [-0.4, -0.2) is 55.6 Å². The van der Waals surface area contributed by atoms with E-state index < -0.39 is 0 Å². The molecule has 0 spiro atoms. The van der Waals surface area contributed by atoms with Crippen LogP contribution in [0, 0.1) is 5.92 Å². The lowest BCUT2D eigenvalue weighted by atomic mass is 9.98. The molecule has 2 atom stereocenters. The maximum Gasteiger partial charge on any atom is 0.0224 e. The van der Waals surface area contributed by atoms with Crippen molar-refractivity contribution in [2.75, 3.05) is 33.7 Å². The van der Waals surface area contributed by atoms with Gasteiger partial charge in [-0.1, -0.05) is 12.8 Å². The molecule has 0 amide bonds. The Kier molecular flexibility index (Phi) is 4.83. The lowest BCUT2D eigenvalue weighted by Gasteiger charge is -2.31. The van der Waals surface area contributed by atoms with Crippen LogP contribution in [0.3, 0.4) is 0 Å². The topological polar surface area (TPSA) is 32.5 Å². The average Bonchev–Trinajstić information content (AvgIpc) is 2.89. The van der Waals surface area contributed by atoms with E-state index in [9.17, 15) is 0 Å². The molecule has 0 aromatic carbocycles. The Morgan fingerprint density at radius 1 is 1.18 bits per heavy atom. The van der Waals surface area contributed by atoms with Crippen LogP contribution in [0.25, 0.3) is 0 Å². The monoisotopic (exact) mass is 239 g/mol. The molecule has 0 aromatic heterocycles. The van der Waals surface area contributed by atoms with Gasteiger partial charge in [0.2, 0.25) is 0 Å². The van der Waals surface area contributed by atoms with Crippen LogP contribution < -0.4 is 5.73 Å². The third-order valence-corrected chi connectivity index (χ3v) is 4.53. The fraction of sp³-hybridized carbons (Fsp3) is 1.00. The molecule has 2 aliphatic rings. The largest absolute Gasteiger partial charge is 0.326 e. The van der Waals surface area contributed by atoms with Gasteiger partial charge in [0, 0.05) is 25.2 Å². The van der Waals surface area contributed by atoms with Crippen molar-refractivity contribution in [2.24, 2.45) is 11.7 Å². The number of nitrogens with two attached hydrogens (primary N) is 1. The lowest BCUT2D eigenvalue weighted by molar-refractivity contribution is 0.183. The number of hydrogen-bond acceptors (Lipinski definition) is 3. The van der Waals surface area contributed by atoms with E-state index in [-0.39, 0.29) is 0 Å². The van der Waals surface area contributed by atoms with Gasteiger partial charge >= 0.3 is 0 Å². The molecule has 100 valence electrons.